The highest BCUT2D eigenvalue weighted by molar-refractivity contribution is 5.07. The summed E-state index contributed by atoms with van der Waals surface area (Å²) >= 11 is 0. The van der Waals surface area contributed by atoms with Gasteiger partial charge in [0.15, 0.2) is 0 Å². The van der Waals surface area contributed by atoms with Crippen molar-refractivity contribution in [1.82, 2.24) is 0 Å². The number of allylic oxidation sites excluding steroid dienone is 3. The molecule has 0 aromatic heterocycles. The molecule has 1 aliphatic rings. The Morgan fingerprint density at radius 3 is 2.75 bits per heavy atom. The van der Waals surface area contributed by atoms with E-state index in [0.717, 1.165) is 12.8 Å². The van der Waals surface area contributed by atoms with Gasteiger partial charge in [0, 0.05) is 0 Å². The second-order valence-electron chi connectivity index (χ2n) is 5.73. The second kappa shape index (κ2) is 5.67. The average Bonchev–Trinajstić information content (AvgIpc) is 2.22. The van der Waals surface area contributed by atoms with Gasteiger partial charge in [-0.05, 0) is 50.9 Å². The first-order valence-electron chi connectivity index (χ1n) is 6.45. The minimum atomic E-state index is -0.210. The Kier molecular flexibility index (Phi) is 4.79. The summed E-state index contributed by atoms with van der Waals surface area (Å²) in [5.74, 6) is 0.687. The SMILES string of the molecule is CC(C)=CCCC(C)C1(C)C=CC(O)CC1. The van der Waals surface area contributed by atoms with Crippen LogP contribution >= 0.6 is 0 Å². The molecule has 0 bridgehead atoms. The summed E-state index contributed by atoms with van der Waals surface area (Å²) in [5.41, 5.74) is 1.70. The molecule has 16 heavy (non-hydrogen) atoms. The van der Waals surface area contributed by atoms with E-state index in [0.29, 0.717) is 5.92 Å². The van der Waals surface area contributed by atoms with Crippen LogP contribution in [0.4, 0.5) is 0 Å². The molecule has 0 spiro atoms. The van der Waals surface area contributed by atoms with Crippen LogP contribution in [0.25, 0.3) is 0 Å². The van der Waals surface area contributed by atoms with Crippen molar-refractivity contribution < 1.29 is 5.11 Å². The van der Waals surface area contributed by atoms with Gasteiger partial charge in [0.1, 0.15) is 0 Å². The fourth-order valence-corrected chi connectivity index (χ4v) is 2.33. The summed E-state index contributed by atoms with van der Waals surface area (Å²) in [4.78, 5) is 0. The summed E-state index contributed by atoms with van der Waals surface area (Å²) in [6.07, 6.45) is 10.8. The van der Waals surface area contributed by atoms with Crippen molar-refractivity contribution in [1.29, 1.82) is 0 Å². The molecule has 1 rings (SSSR count). The van der Waals surface area contributed by atoms with Crippen LogP contribution in [0.1, 0.15) is 53.4 Å². The number of rotatable bonds is 4. The molecule has 1 nitrogen and oxygen atoms in total. The Balaban J connectivity index is 2.49. The lowest BCUT2D eigenvalue weighted by molar-refractivity contribution is 0.146. The third-order valence-electron chi connectivity index (χ3n) is 3.96. The summed E-state index contributed by atoms with van der Waals surface area (Å²) in [5, 5.41) is 9.48. The minimum Gasteiger partial charge on any atom is -0.389 e. The zero-order chi connectivity index (χ0) is 12.2. The fraction of sp³-hybridized carbons (Fsp3) is 0.733. The van der Waals surface area contributed by atoms with Gasteiger partial charge in [0.05, 0.1) is 6.10 Å². The summed E-state index contributed by atoms with van der Waals surface area (Å²) in [6.45, 7) is 8.97. The van der Waals surface area contributed by atoms with Gasteiger partial charge >= 0.3 is 0 Å². The maximum Gasteiger partial charge on any atom is 0.0721 e. The number of hydrogen-bond acceptors (Lipinski definition) is 1. The van der Waals surface area contributed by atoms with Crippen LogP contribution in [0.3, 0.4) is 0 Å². The first-order valence-corrected chi connectivity index (χ1v) is 6.45. The van der Waals surface area contributed by atoms with Crippen molar-refractivity contribution in [3.05, 3.63) is 23.8 Å². The van der Waals surface area contributed by atoms with E-state index in [1.165, 1.54) is 18.4 Å². The monoisotopic (exact) mass is 222 g/mol. The van der Waals surface area contributed by atoms with Crippen molar-refractivity contribution in [2.24, 2.45) is 11.3 Å². The number of hydrogen-bond donors (Lipinski definition) is 1. The van der Waals surface area contributed by atoms with E-state index in [2.05, 4.69) is 39.8 Å². The van der Waals surface area contributed by atoms with Crippen LogP contribution in [0.15, 0.2) is 23.8 Å². The topological polar surface area (TPSA) is 20.2 Å². The lowest BCUT2D eigenvalue weighted by atomic mass is 9.70. The summed E-state index contributed by atoms with van der Waals surface area (Å²) < 4.78 is 0. The predicted molar refractivity (Wildman–Crippen MR) is 70.3 cm³/mol. The Labute approximate surface area is 100 Å². The van der Waals surface area contributed by atoms with Crippen molar-refractivity contribution in [2.45, 2.75) is 59.5 Å². The molecule has 3 unspecified atom stereocenters. The van der Waals surface area contributed by atoms with Crippen LogP contribution < -0.4 is 0 Å². The molecule has 1 aliphatic carbocycles. The molecule has 0 saturated heterocycles. The van der Waals surface area contributed by atoms with Gasteiger partial charge in [0.25, 0.3) is 0 Å². The van der Waals surface area contributed by atoms with Gasteiger partial charge < -0.3 is 5.11 Å². The Morgan fingerprint density at radius 2 is 2.25 bits per heavy atom. The molecule has 0 radical (unpaired) electrons. The van der Waals surface area contributed by atoms with E-state index in [4.69, 9.17) is 0 Å². The lowest BCUT2D eigenvalue weighted by Gasteiger charge is -2.36. The lowest BCUT2D eigenvalue weighted by Crippen LogP contribution is -2.28. The third kappa shape index (κ3) is 3.79. The van der Waals surface area contributed by atoms with E-state index >= 15 is 0 Å². The highest BCUT2D eigenvalue weighted by Crippen LogP contribution is 2.40. The molecule has 1 heteroatoms. The van der Waals surface area contributed by atoms with Gasteiger partial charge in [-0.15, -0.1) is 0 Å². The van der Waals surface area contributed by atoms with Crippen molar-refractivity contribution in [3.63, 3.8) is 0 Å². The summed E-state index contributed by atoms with van der Waals surface area (Å²) in [7, 11) is 0. The Hall–Kier alpha value is -0.560. The number of aliphatic hydroxyl groups is 1. The second-order valence-corrected chi connectivity index (χ2v) is 5.73. The fourth-order valence-electron chi connectivity index (χ4n) is 2.33. The minimum absolute atomic E-state index is 0.210. The van der Waals surface area contributed by atoms with Gasteiger partial charge in [-0.1, -0.05) is 37.6 Å². The van der Waals surface area contributed by atoms with Crippen LogP contribution in [0, 0.1) is 11.3 Å². The third-order valence-corrected chi connectivity index (χ3v) is 3.96. The highest BCUT2D eigenvalue weighted by Gasteiger charge is 2.30. The average molecular weight is 222 g/mol. The Bertz CT molecular complexity index is 273. The van der Waals surface area contributed by atoms with E-state index in [1.54, 1.807) is 0 Å². The molecular weight excluding hydrogens is 196 g/mol. The van der Waals surface area contributed by atoms with Gasteiger partial charge in [0.2, 0.25) is 0 Å². The normalized spacial score (nSPS) is 31.2. The molecule has 92 valence electrons. The first-order chi connectivity index (χ1) is 7.44. The smallest absolute Gasteiger partial charge is 0.0721 e. The molecule has 0 saturated carbocycles. The van der Waals surface area contributed by atoms with Gasteiger partial charge in [-0.3, -0.25) is 0 Å². The molecular formula is C15H26O. The molecule has 3 atom stereocenters. The Morgan fingerprint density at radius 1 is 1.56 bits per heavy atom. The molecule has 0 aromatic rings. The molecule has 0 amide bonds. The van der Waals surface area contributed by atoms with E-state index in [1.807, 2.05) is 6.08 Å². The predicted octanol–water partition coefficient (Wildman–Crippen LogP) is 4.09. The molecule has 0 heterocycles. The zero-order valence-electron chi connectivity index (χ0n) is 11.2. The molecule has 0 fully saturated rings. The van der Waals surface area contributed by atoms with Crippen LogP contribution in [-0.4, -0.2) is 11.2 Å². The van der Waals surface area contributed by atoms with Crippen molar-refractivity contribution in [3.8, 4) is 0 Å². The van der Waals surface area contributed by atoms with E-state index < -0.39 is 0 Å². The first kappa shape index (κ1) is 13.5. The largest absolute Gasteiger partial charge is 0.389 e. The summed E-state index contributed by atoms with van der Waals surface area (Å²) in [6, 6.07) is 0. The van der Waals surface area contributed by atoms with Gasteiger partial charge in [-0.2, -0.15) is 0 Å². The maximum absolute atomic E-state index is 9.48. The van der Waals surface area contributed by atoms with Gasteiger partial charge in [-0.25, -0.2) is 0 Å². The van der Waals surface area contributed by atoms with Crippen molar-refractivity contribution in [2.75, 3.05) is 0 Å². The highest BCUT2D eigenvalue weighted by atomic mass is 16.3. The number of aliphatic hydroxyl groups excluding tert-OH is 1. The quantitative estimate of drug-likeness (QED) is 0.710. The zero-order valence-corrected chi connectivity index (χ0v) is 11.2. The van der Waals surface area contributed by atoms with Crippen LogP contribution in [0.5, 0.6) is 0 Å². The standard InChI is InChI=1S/C15H26O/c1-12(2)6-5-7-13(3)15(4)10-8-14(16)9-11-15/h6,8,10,13-14,16H,5,7,9,11H2,1-4H3. The van der Waals surface area contributed by atoms with Crippen LogP contribution in [0.2, 0.25) is 0 Å². The van der Waals surface area contributed by atoms with E-state index in [-0.39, 0.29) is 11.5 Å². The maximum atomic E-state index is 9.48. The van der Waals surface area contributed by atoms with Crippen LogP contribution in [-0.2, 0) is 0 Å². The van der Waals surface area contributed by atoms with Crippen molar-refractivity contribution >= 4 is 0 Å². The molecule has 1 N–H and O–H groups in total. The molecule has 0 aliphatic heterocycles. The molecule has 0 aromatic carbocycles. The van der Waals surface area contributed by atoms with E-state index in [9.17, 15) is 5.11 Å².